The first-order chi connectivity index (χ1) is 12.2. The van der Waals surface area contributed by atoms with Crippen molar-refractivity contribution in [1.82, 2.24) is 4.57 Å². The highest BCUT2D eigenvalue weighted by molar-refractivity contribution is 6.36. The highest BCUT2D eigenvalue weighted by atomic mass is 15.0. The molecule has 0 N–H and O–H groups in total. The van der Waals surface area contributed by atoms with E-state index in [1.165, 1.54) is 39.2 Å². The number of benzene rings is 3. The van der Waals surface area contributed by atoms with Crippen LogP contribution in [-0.4, -0.2) is 12.4 Å². The fraction of sp³-hybridized carbons (Fsp3) is 0.0435. The summed E-state index contributed by atoms with van der Waals surface area (Å²) in [4.78, 5) is 0. The van der Waals surface area contributed by atoms with Gasteiger partial charge in [0.05, 0.1) is 5.69 Å². The lowest BCUT2D eigenvalue weighted by Crippen LogP contribution is -2.07. The van der Waals surface area contributed by atoms with Gasteiger partial charge < -0.3 is 4.57 Å². The summed E-state index contributed by atoms with van der Waals surface area (Å²) in [5.41, 5.74) is 8.69. The van der Waals surface area contributed by atoms with E-state index >= 15 is 0 Å². The summed E-state index contributed by atoms with van der Waals surface area (Å²) in [6.45, 7) is 2.13. The second-order valence-electron chi connectivity index (χ2n) is 6.46. The van der Waals surface area contributed by atoms with E-state index < -0.39 is 0 Å². The van der Waals surface area contributed by atoms with Gasteiger partial charge in [0.2, 0.25) is 0 Å². The van der Waals surface area contributed by atoms with Crippen LogP contribution in [0.15, 0.2) is 91.0 Å². The molecular formula is C23H20BN. The quantitative estimate of drug-likeness (QED) is 0.494. The Labute approximate surface area is 150 Å². The third-order valence-electron chi connectivity index (χ3n) is 4.60. The molecular weight excluding hydrogens is 301 g/mol. The molecule has 2 heteroatoms. The van der Waals surface area contributed by atoms with E-state index in [-0.39, 0.29) is 0 Å². The zero-order valence-electron chi connectivity index (χ0n) is 14.6. The minimum absolute atomic E-state index is 1.19. The molecule has 0 radical (unpaired) electrons. The maximum Gasteiger partial charge on any atom is 0.142 e. The first kappa shape index (κ1) is 15.5. The fourth-order valence-corrected chi connectivity index (χ4v) is 3.37. The number of nitrogens with zero attached hydrogens (tertiary/aromatic N) is 1. The van der Waals surface area contributed by atoms with E-state index in [4.69, 9.17) is 0 Å². The van der Waals surface area contributed by atoms with Gasteiger partial charge in [-0.1, -0.05) is 83.8 Å². The highest BCUT2D eigenvalue weighted by Crippen LogP contribution is 2.30. The third-order valence-corrected chi connectivity index (χ3v) is 4.60. The molecule has 0 fully saturated rings. The molecule has 0 amide bonds. The predicted molar refractivity (Wildman–Crippen MR) is 110 cm³/mol. The summed E-state index contributed by atoms with van der Waals surface area (Å²) >= 11 is 0. The van der Waals surface area contributed by atoms with Crippen LogP contribution < -0.4 is 5.46 Å². The molecule has 1 aromatic heterocycles. The van der Waals surface area contributed by atoms with Gasteiger partial charge in [0, 0.05) is 11.4 Å². The molecule has 0 aliphatic rings. The smallest absolute Gasteiger partial charge is 0.142 e. The summed E-state index contributed by atoms with van der Waals surface area (Å²) < 4.78 is 2.37. The molecule has 0 spiro atoms. The molecule has 0 saturated carbocycles. The zero-order chi connectivity index (χ0) is 17.2. The second-order valence-corrected chi connectivity index (χ2v) is 6.46. The lowest BCUT2D eigenvalue weighted by atomic mass is 9.92. The van der Waals surface area contributed by atoms with Crippen molar-refractivity contribution in [3.63, 3.8) is 0 Å². The zero-order valence-corrected chi connectivity index (χ0v) is 14.6. The van der Waals surface area contributed by atoms with E-state index in [0.717, 1.165) is 0 Å². The Morgan fingerprint density at radius 3 is 1.84 bits per heavy atom. The highest BCUT2D eigenvalue weighted by Gasteiger charge is 2.16. The van der Waals surface area contributed by atoms with Crippen LogP contribution in [0.25, 0.3) is 28.2 Å². The molecule has 0 aliphatic heterocycles. The van der Waals surface area contributed by atoms with Crippen molar-refractivity contribution in [2.24, 2.45) is 0 Å². The Hall–Kier alpha value is -3.00. The first-order valence-corrected chi connectivity index (χ1v) is 8.64. The third kappa shape index (κ3) is 2.92. The van der Waals surface area contributed by atoms with E-state index in [1.807, 2.05) is 0 Å². The van der Waals surface area contributed by atoms with E-state index in [2.05, 4.69) is 110 Å². The predicted octanol–water partition coefficient (Wildman–Crippen LogP) is 4.38. The number of hydrogen-bond acceptors (Lipinski definition) is 0. The normalized spacial score (nSPS) is 10.8. The number of aryl methyl sites for hydroxylation is 1. The van der Waals surface area contributed by atoms with Gasteiger partial charge in [-0.3, -0.25) is 0 Å². The Morgan fingerprint density at radius 1 is 0.680 bits per heavy atom. The van der Waals surface area contributed by atoms with Crippen LogP contribution in [0.3, 0.4) is 0 Å². The lowest BCUT2D eigenvalue weighted by molar-refractivity contribution is 1.09. The Bertz CT molecular complexity index is 984. The Balaban J connectivity index is 2.02. The Kier molecular flexibility index (Phi) is 4.03. The van der Waals surface area contributed by atoms with Crippen molar-refractivity contribution in [2.45, 2.75) is 6.92 Å². The largest absolute Gasteiger partial charge is 0.310 e. The molecule has 0 bridgehead atoms. The van der Waals surface area contributed by atoms with Crippen LogP contribution in [0, 0.1) is 6.92 Å². The topological polar surface area (TPSA) is 4.93 Å². The van der Waals surface area contributed by atoms with Gasteiger partial charge >= 0.3 is 0 Å². The van der Waals surface area contributed by atoms with Gasteiger partial charge in [-0.25, -0.2) is 0 Å². The van der Waals surface area contributed by atoms with Crippen molar-refractivity contribution in [1.29, 1.82) is 0 Å². The van der Waals surface area contributed by atoms with Crippen LogP contribution in [0.2, 0.25) is 0 Å². The molecule has 3 aromatic carbocycles. The number of hydrogen-bond donors (Lipinski definition) is 0. The molecule has 4 aromatic rings. The molecule has 0 unspecified atom stereocenters. The minimum Gasteiger partial charge on any atom is -0.310 e. The summed E-state index contributed by atoms with van der Waals surface area (Å²) in [7, 11) is 2.19. The van der Waals surface area contributed by atoms with Crippen molar-refractivity contribution in [3.05, 3.63) is 96.6 Å². The van der Waals surface area contributed by atoms with Crippen LogP contribution in [0.5, 0.6) is 0 Å². The molecule has 25 heavy (non-hydrogen) atoms. The van der Waals surface area contributed by atoms with Gasteiger partial charge in [0.25, 0.3) is 0 Å². The second kappa shape index (κ2) is 6.48. The average Bonchev–Trinajstić information content (AvgIpc) is 3.01. The van der Waals surface area contributed by atoms with Gasteiger partial charge in [-0.2, -0.15) is 0 Å². The minimum atomic E-state index is 1.19. The maximum atomic E-state index is 2.37. The Morgan fingerprint density at radius 2 is 1.24 bits per heavy atom. The lowest BCUT2D eigenvalue weighted by Gasteiger charge is -2.15. The monoisotopic (exact) mass is 321 g/mol. The van der Waals surface area contributed by atoms with Crippen molar-refractivity contribution >= 4 is 13.3 Å². The maximum absolute atomic E-state index is 2.37. The van der Waals surface area contributed by atoms with Crippen LogP contribution in [0.1, 0.15) is 5.56 Å². The van der Waals surface area contributed by atoms with Crippen LogP contribution >= 0.6 is 0 Å². The van der Waals surface area contributed by atoms with E-state index in [9.17, 15) is 0 Å². The number of aromatic nitrogens is 1. The molecule has 0 saturated heterocycles. The summed E-state index contributed by atoms with van der Waals surface area (Å²) in [6.07, 6.45) is 0. The molecule has 4 rings (SSSR count). The van der Waals surface area contributed by atoms with Crippen LogP contribution in [0.4, 0.5) is 0 Å². The summed E-state index contributed by atoms with van der Waals surface area (Å²) in [5, 5.41) is 0. The van der Waals surface area contributed by atoms with Crippen molar-refractivity contribution in [3.8, 4) is 28.2 Å². The fourth-order valence-electron chi connectivity index (χ4n) is 3.37. The molecule has 0 atom stereocenters. The SMILES string of the molecule is Bc1cc(-c2ccccc2)n(-c2ccc(C)cc2)c1-c1ccccc1. The van der Waals surface area contributed by atoms with Gasteiger partial charge in [-0.05, 0) is 36.2 Å². The van der Waals surface area contributed by atoms with Gasteiger partial charge in [0.15, 0.2) is 0 Å². The van der Waals surface area contributed by atoms with Crippen molar-refractivity contribution < 1.29 is 0 Å². The molecule has 1 nitrogen and oxygen atoms in total. The van der Waals surface area contributed by atoms with Crippen molar-refractivity contribution in [2.75, 3.05) is 0 Å². The molecule has 120 valence electrons. The standard InChI is InChI=1S/C23H20BN/c1-17-12-14-20(15-13-17)25-22(18-8-4-2-5-9-18)16-21(24)23(25)19-10-6-3-7-11-19/h2-16H,24H2,1H3. The number of rotatable bonds is 3. The summed E-state index contributed by atoms with van der Waals surface area (Å²) in [5.74, 6) is 0. The van der Waals surface area contributed by atoms with E-state index in [1.54, 1.807) is 0 Å². The van der Waals surface area contributed by atoms with E-state index in [0.29, 0.717) is 0 Å². The first-order valence-electron chi connectivity index (χ1n) is 8.64. The van der Waals surface area contributed by atoms with Gasteiger partial charge in [0.1, 0.15) is 7.85 Å². The average molecular weight is 321 g/mol. The molecule has 1 heterocycles. The summed E-state index contributed by atoms with van der Waals surface area (Å²) in [6, 6.07) is 32.3. The van der Waals surface area contributed by atoms with Gasteiger partial charge in [-0.15, -0.1) is 0 Å². The van der Waals surface area contributed by atoms with Crippen LogP contribution in [-0.2, 0) is 0 Å². The molecule has 0 aliphatic carbocycles.